The van der Waals surface area contributed by atoms with Gasteiger partial charge in [0.05, 0.1) is 6.04 Å². The molecule has 3 nitrogen and oxygen atoms in total. The van der Waals surface area contributed by atoms with Gasteiger partial charge in [-0.3, -0.25) is 4.79 Å². The summed E-state index contributed by atoms with van der Waals surface area (Å²) in [6, 6.07) is -0.382. The van der Waals surface area contributed by atoms with Gasteiger partial charge >= 0.3 is 0 Å². The van der Waals surface area contributed by atoms with Crippen LogP contribution >= 0.6 is 12.4 Å². The van der Waals surface area contributed by atoms with Gasteiger partial charge in [-0.15, -0.1) is 24.8 Å². The van der Waals surface area contributed by atoms with Crippen LogP contribution in [0.4, 0.5) is 4.39 Å². The minimum atomic E-state index is -0.900. The Kier molecular flexibility index (Phi) is 6.26. The van der Waals surface area contributed by atoms with Gasteiger partial charge in [0.25, 0.3) is 0 Å². The van der Waals surface area contributed by atoms with E-state index < -0.39 is 6.17 Å². The highest BCUT2D eigenvalue weighted by atomic mass is 35.5. The lowest BCUT2D eigenvalue weighted by atomic mass is 10.2. The minimum absolute atomic E-state index is 0. The zero-order chi connectivity index (χ0) is 9.68. The Morgan fingerprint density at radius 3 is 2.93 bits per heavy atom. The van der Waals surface area contributed by atoms with Crippen LogP contribution in [-0.2, 0) is 4.79 Å². The van der Waals surface area contributed by atoms with Crippen molar-refractivity contribution >= 4 is 18.3 Å². The predicted molar refractivity (Wildman–Crippen MR) is 55.0 cm³/mol. The van der Waals surface area contributed by atoms with Crippen LogP contribution in [0.5, 0.6) is 0 Å². The van der Waals surface area contributed by atoms with E-state index in [4.69, 9.17) is 6.42 Å². The fraction of sp³-hybridized carbons (Fsp3) is 0.667. The van der Waals surface area contributed by atoms with E-state index >= 15 is 0 Å². The number of amides is 1. The molecule has 1 fully saturated rings. The topological polar surface area (TPSA) is 41.1 Å². The second-order valence-corrected chi connectivity index (χ2v) is 3.04. The standard InChI is InChI=1S/C9H13FN2O.ClH/c1-2-3-4-11-9(13)8-5-7(10)6-12-8;/h1,7-8,12H,3-6H2,(H,11,13);1H/t7-,8+;/m0./s1. The highest BCUT2D eigenvalue weighted by molar-refractivity contribution is 5.85. The zero-order valence-corrected chi connectivity index (χ0v) is 8.57. The van der Waals surface area contributed by atoms with Gasteiger partial charge in [0.1, 0.15) is 6.17 Å². The maximum absolute atomic E-state index is 12.6. The summed E-state index contributed by atoms with van der Waals surface area (Å²) >= 11 is 0. The van der Waals surface area contributed by atoms with E-state index in [-0.39, 0.29) is 37.3 Å². The SMILES string of the molecule is C#CCCNC(=O)[C@H]1C[C@H](F)CN1.Cl. The van der Waals surface area contributed by atoms with Gasteiger partial charge in [-0.2, -0.15) is 0 Å². The number of hydrogen-bond donors (Lipinski definition) is 2. The quantitative estimate of drug-likeness (QED) is 0.529. The minimum Gasteiger partial charge on any atom is -0.354 e. The Labute approximate surface area is 89.2 Å². The summed E-state index contributed by atoms with van der Waals surface area (Å²) in [7, 11) is 0. The number of carbonyl (C=O) groups is 1. The number of carbonyl (C=O) groups excluding carboxylic acids is 1. The molecule has 1 aliphatic heterocycles. The Morgan fingerprint density at radius 1 is 1.71 bits per heavy atom. The van der Waals surface area contributed by atoms with Crippen molar-refractivity contribution in [3.63, 3.8) is 0 Å². The third-order valence-electron chi connectivity index (χ3n) is 1.96. The van der Waals surface area contributed by atoms with E-state index in [0.29, 0.717) is 13.0 Å². The Morgan fingerprint density at radius 2 is 2.43 bits per heavy atom. The molecule has 0 bridgehead atoms. The van der Waals surface area contributed by atoms with Crippen molar-refractivity contribution in [1.29, 1.82) is 0 Å². The molecule has 1 saturated heterocycles. The second-order valence-electron chi connectivity index (χ2n) is 3.04. The van der Waals surface area contributed by atoms with Crippen LogP contribution in [-0.4, -0.2) is 31.2 Å². The van der Waals surface area contributed by atoms with Gasteiger partial charge in [0.15, 0.2) is 0 Å². The van der Waals surface area contributed by atoms with E-state index in [1.165, 1.54) is 0 Å². The molecule has 14 heavy (non-hydrogen) atoms. The zero-order valence-electron chi connectivity index (χ0n) is 7.75. The summed E-state index contributed by atoms with van der Waals surface area (Å²) in [4.78, 5) is 11.3. The molecular formula is C9H14ClFN2O. The molecule has 0 aromatic rings. The van der Waals surface area contributed by atoms with E-state index in [1.54, 1.807) is 0 Å². The molecule has 1 rings (SSSR count). The first-order chi connectivity index (χ1) is 6.24. The van der Waals surface area contributed by atoms with Gasteiger partial charge in [-0.05, 0) is 0 Å². The molecule has 1 heterocycles. The van der Waals surface area contributed by atoms with E-state index in [0.717, 1.165) is 0 Å². The number of nitrogens with one attached hydrogen (secondary N) is 2. The maximum atomic E-state index is 12.6. The average Bonchev–Trinajstić information content (AvgIpc) is 2.52. The van der Waals surface area contributed by atoms with Crippen molar-refractivity contribution in [2.45, 2.75) is 25.1 Å². The van der Waals surface area contributed by atoms with Crippen LogP contribution in [0.15, 0.2) is 0 Å². The first-order valence-electron chi connectivity index (χ1n) is 4.32. The number of alkyl halides is 1. The van der Waals surface area contributed by atoms with Crippen LogP contribution in [0.1, 0.15) is 12.8 Å². The summed E-state index contributed by atoms with van der Waals surface area (Å²) < 4.78 is 12.6. The maximum Gasteiger partial charge on any atom is 0.237 e. The number of rotatable bonds is 3. The lowest BCUT2D eigenvalue weighted by molar-refractivity contribution is -0.122. The summed E-state index contributed by atoms with van der Waals surface area (Å²) in [6.45, 7) is 0.734. The Balaban J connectivity index is 0.00000169. The molecule has 0 aromatic heterocycles. The van der Waals surface area contributed by atoms with Crippen molar-refractivity contribution in [3.05, 3.63) is 0 Å². The van der Waals surface area contributed by atoms with Gasteiger partial charge in [-0.25, -0.2) is 4.39 Å². The molecule has 0 unspecified atom stereocenters. The first kappa shape index (κ1) is 13.2. The first-order valence-corrected chi connectivity index (χ1v) is 4.32. The molecule has 2 atom stereocenters. The van der Waals surface area contributed by atoms with Crippen molar-refractivity contribution in [2.24, 2.45) is 0 Å². The molecule has 0 radical (unpaired) electrons. The van der Waals surface area contributed by atoms with Crippen molar-refractivity contribution < 1.29 is 9.18 Å². The monoisotopic (exact) mass is 220 g/mol. The van der Waals surface area contributed by atoms with E-state index in [2.05, 4.69) is 16.6 Å². The summed E-state index contributed by atoms with van der Waals surface area (Å²) in [6.07, 6.45) is 4.89. The number of hydrogen-bond acceptors (Lipinski definition) is 2. The van der Waals surface area contributed by atoms with Crippen LogP contribution in [0.2, 0.25) is 0 Å². The Hall–Kier alpha value is -0.790. The second kappa shape index (κ2) is 6.63. The van der Waals surface area contributed by atoms with Gasteiger partial charge in [0.2, 0.25) is 5.91 Å². The predicted octanol–water partition coefficient (Wildman–Crippen LogP) is 0.248. The van der Waals surface area contributed by atoms with Gasteiger partial charge in [-0.1, -0.05) is 0 Å². The number of terminal acetylenes is 1. The van der Waals surface area contributed by atoms with Crippen molar-refractivity contribution in [2.75, 3.05) is 13.1 Å². The fourth-order valence-corrected chi connectivity index (χ4v) is 1.27. The number of halogens is 2. The smallest absolute Gasteiger partial charge is 0.237 e. The Bertz CT molecular complexity index is 229. The van der Waals surface area contributed by atoms with Gasteiger partial charge < -0.3 is 10.6 Å². The van der Waals surface area contributed by atoms with Crippen molar-refractivity contribution in [1.82, 2.24) is 10.6 Å². The molecular weight excluding hydrogens is 207 g/mol. The van der Waals surface area contributed by atoms with Crippen LogP contribution < -0.4 is 10.6 Å². The summed E-state index contributed by atoms with van der Waals surface area (Å²) in [5.41, 5.74) is 0. The normalized spacial score (nSPS) is 24.9. The van der Waals surface area contributed by atoms with Crippen LogP contribution in [0.3, 0.4) is 0 Å². The lowest BCUT2D eigenvalue weighted by Gasteiger charge is -2.09. The highest BCUT2D eigenvalue weighted by Crippen LogP contribution is 2.09. The molecule has 1 aliphatic rings. The average molecular weight is 221 g/mol. The van der Waals surface area contributed by atoms with Crippen molar-refractivity contribution in [3.8, 4) is 12.3 Å². The molecule has 0 saturated carbocycles. The van der Waals surface area contributed by atoms with Crippen LogP contribution in [0.25, 0.3) is 0 Å². The third kappa shape index (κ3) is 3.95. The molecule has 0 spiro atoms. The van der Waals surface area contributed by atoms with E-state index in [1.807, 2.05) is 0 Å². The molecule has 80 valence electrons. The lowest BCUT2D eigenvalue weighted by Crippen LogP contribution is -2.40. The highest BCUT2D eigenvalue weighted by Gasteiger charge is 2.28. The third-order valence-corrected chi connectivity index (χ3v) is 1.96. The molecule has 5 heteroatoms. The molecule has 0 aliphatic carbocycles. The largest absolute Gasteiger partial charge is 0.354 e. The molecule has 1 amide bonds. The molecule has 2 N–H and O–H groups in total. The summed E-state index contributed by atoms with van der Waals surface area (Å²) in [5, 5.41) is 5.43. The van der Waals surface area contributed by atoms with Gasteiger partial charge in [0, 0.05) is 25.9 Å². The van der Waals surface area contributed by atoms with Crippen LogP contribution in [0, 0.1) is 12.3 Å². The summed E-state index contributed by atoms with van der Waals surface area (Å²) in [5.74, 6) is 2.26. The van der Waals surface area contributed by atoms with E-state index in [9.17, 15) is 9.18 Å². The fourth-order valence-electron chi connectivity index (χ4n) is 1.27. The molecule has 0 aromatic carbocycles.